The second-order valence-electron chi connectivity index (χ2n) is 4.20. The first kappa shape index (κ1) is 13.5. The molecule has 100 valence electrons. The lowest BCUT2D eigenvalue weighted by Crippen LogP contribution is -2.35. The molecule has 0 saturated carbocycles. The summed E-state index contributed by atoms with van der Waals surface area (Å²) in [6.07, 6.45) is 0.583. The Hall–Kier alpha value is -1.91. The summed E-state index contributed by atoms with van der Waals surface area (Å²) in [7, 11) is 0. The average molecular weight is 265 g/mol. The van der Waals surface area contributed by atoms with Crippen molar-refractivity contribution in [2.75, 3.05) is 6.61 Å². The van der Waals surface area contributed by atoms with Crippen LogP contribution in [0.4, 0.5) is 12.9 Å². The number of para-hydroxylation sites is 1. The maximum Gasteiger partial charge on any atom is 0.513 e. The Morgan fingerprint density at radius 1 is 0.842 bits per heavy atom. The van der Waals surface area contributed by atoms with E-state index >= 15 is 0 Å². The molecule has 0 unspecified atom stereocenters. The summed E-state index contributed by atoms with van der Waals surface area (Å²) >= 11 is 0. The third-order valence-electron chi connectivity index (χ3n) is 2.76. The van der Waals surface area contributed by atoms with E-state index in [2.05, 4.69) is 0 Å². The minimum Gasteiger partial charge on any atom is -0.496 e. The zero-order chi connectivity index (χ0) is 13.7. The number of benzene rings is 2. The van der Waals surface area contributed by atoms with E-state index in [0.717, 1.165) is 11.6 Å². The highest BCUT2D eigenvalue weighted by atomic mass is 19.4. The zero-order valence-corrected chi connectivity index (χ0v) is 10.2. The molecule has 0 atom stereocenters. The number of hydrogen-bond acceptors (Lipinski definition) is 1. The largest absolute Gasteiger partial charge is 0.513 e. The molecular weight excluding hydrogens is 252 g/mol. The lowest BCUT2D eigenvalue weighted by Gasteiger charge is -2.19. The van der Waals surface area contributed by atoms with Gasteiger partial charge in [0.05, 0.1) is 12.4 Å². The smallest absolute Gasteiger partial charge is 0.496 e. The Labute approximate surface area is 110 Å². The van der Waals surface area contributed by atoms with E-state index in [1.54, 1.807) is 6.07 Å². The highest BCUT2D eigenvalue weighted by Crippen LogP contribution is 2.17. The van der Waals surface area contributed by atoms with Crippen LogP contribution in [0, 0.1) is 0 Å². The maximum absolute atomic E-state index is 12.8. The maximum atomic E-state index is 12.8. The molecule has 0 N–H and O–H groups in total. The van der Waals surface area contributed by atoms with Crippen LogP contribution >= 0.6 is 0 Å². The molecule has 0 aliphatic heterocycles. The van der Waals surface area contributed by atoms with Crippen molar-refractivity contribution in [2.24, 2.45) is 0 Å². The molecule has 0 aliphatic rings. The lowest BCUT2D eigenvalue weighted by atomic mass is 9.79. The van der Waals surface area contributed by atoms with Gasteiger partial charge in [0, 0.05) is 6.42 Å². The minimum atomic E-state index is -5.04. The normalized spacial score (nSPS) is 11.3. The summed E-state index contributed by atoms with van der Waals surface area (Å²) in [6.45, 7) is -4.81. The van der Waals surface area contributed by atoms with Gasteiger partial charge in [0.25, 0.3) is 0 Å². The number of ether oxygens (including phenoxy) is 1. The molecule has 5 heteroatoms. The third kappa shape index (κ3) is 3.78. The van der Waals surface area contributed by atoms with Crippen molar-refractivity contribution in [3.05, 3.63) is 60.2 Å². The van der Waals surface area contributed by atoms with Gasteiger partial charge < -0.3 is 17.7 Å². The quantitative estimate of drug-likeness (QED) is 0.753. The molecule has 2 aromatic rings. The monoisotopic (exact) mass is 265 g/mol. The zero-order valence-electron chi connectivity index (χ0n) is 10.2. The van der Waals surface area contributed by atoms with Crippen molar-refractivity contribution < 1.29 is 17.7 Å². The van der Waals surface area contributed by atoms with Crippen LogP contribution in [-0.4, -0.2) is 13.6 Å². The average Bonchev–Trinajstić information content (AvgIpc) is 2.39. The number of rotatable bonds is 5. The van der Waals surface area contributed by atoms with Crippen molar-refractivity contribution in [3.63, 3.8) is 0 Å². The van der Waals surface area contributed by atoms with Gasteiger partial charge in [0.2, 0.25) is 0 Å². The van der Waals surface area contributed by atoms with E-state index in [0.29, 0.717) is 6.42 Å². The first-order valence-corrected chi connectivity index (χ1v) is 6.03. The Morgan fingerprint density at radius 2 is 1.47 bits per heavy atom. The van der Waals surface area contributed by atoms with E-state index in [-0.39, 0.29) is 12.4 Å². The van der Waals surface area contributed by atoms with Gasteiger partial charge in [-0.3, -0.25) is 0 Å². The first-order chi connectivity index (χ1) is 9.07. The van der Waals surface area contributed by atoms with E-state index in [4.69, 9.17) is 4.74 Å². The SMILES string of the molecule is F[B-](F)(F)c1ccccc1OCCc1ccccc1. The predicted octanol–water partition coefficient (Wildman–Crippen LogP) is 3.36. The van der Waals surface area contributed by atoms with Crippen molar-refractivity contribution in [1.82, 2.24) is 0 Å². The van der Waals surface area contributed by atoms with Gasteiger partial charge in [-0.15, -0.1) is 0 Å². The molecule has 0 spiro atoms. The van der Waals surface area contributed by atoms with Crippen molar-refractivity contribution in [1.29, 1.82) is 0 Å². The van der Waals surface area contributed by atoms with Gasteiger partial charge in [-0.25, -0.2) is 0 Å². The van der Waals surface area contributed by atoms with Crippen LogP contribution in [0.2, 0.25) is 0 Å². The Kier molecular flexibility index (Phi) is 4.15. The number of hydrogen-bond donors (Lipinski definition) is 0. The summed E-state index contributed by atoms with van der Waals surface area (Å²) in [5.41, 5.74) is 0.369. The predicted molar refractivity (Wildman–Crippen MR) is 70.8 cm³/mol. The molecule has 0 fully saturated rings. The molecule has 2 aromatic carbocycles. The first-order valence-electron chi connectivity index (χ1n) is 6.03. The molecule has 0 heterocycles. The molecule has 19 heavy (non-hydrogen) atoms. The highest BCUT2D eigenvalue weighted by Gasteiger charge is 2.28. The van der Waals surface area contributed by atoms with Crippen LogP contribution in [0.3, 0.4) is 0 Å². The fraction of sp³-hybridized carbons (Fsp3) is 0.143. The molecule has 0 aliphatic carbocycles. The van der Waals surface area contributed by atoms with E-state index < -0.39 is 12.4 Å². The van der Waals surface area contributed by atoms with Crippen LogP contribution in [0.15, 0.2) is 54.6 Å². The van der Waals surface area contributed by atoms with E-state index in [1.165, 1.54) is 12.1 Å². The fourth-order valence-corrected chi connectivity index (χ4v) is 1.81. The second kappa shape index (κ2) is 5.82. The van der Waals surface area contributed by atoms with Crippen LogP contribution in [0.5, 0.6) is 5.75 Å². The third-order valence-corrected chi connectivity index (χ3v) is 2.76. The molecule has 0 radical (unpaired) electrons. The van der Waals surface area contributed by atoms with Crippen LogP contribution in [0.1, 0.15) is 5.56 Å². The van der Waals surface area contributed by atoms with Gasteiger partial charge in [-0.2, -0.15) is 0 Å². The standard InChI is InChI=1S/C14H13BF3O/c16-15(17,18)13-8-4-5-9-14(13)19-11-10-12-6-2-1-3-7-12/h1-9H,10-11H2/q-1. The summed E-state index contributed by atoms with van der Waals surface area (Å²) in [5, 5.41) is 0. The second-order valence-corrected chi connectivity index (χ2v) is 4.20. The summed E-state index contributed by atoms with van der Waals surface area (Å²) in [4.78, 5) is 0. The summed E-state index contributed by atoms with van der Waals surface area (Å²) < 4.78 is 43.6. The molecule has 0 amide bonds. The Morgan fingerprint density at radius 3 is 2.16 bits per heavy atom. The van der Waals surface area contributed by atoms with Crippen molar-refractivity contribution in [2.45, 2.75) is 6.42 Å². The molecule has 0 saturated heterocycles. The highest BCUT2D eigenvalue weighted by molar-refractivity contribution is 6.74. The van der Waals surface area contributed by atoms with Crippen LogP contribution < -0.4 is 10.2 Å². The fourth-order valence-electron chi connectivity index (χ4n) is 1.81. The van der Waals surface area contributed by atoms with Gasteiger partial charge in [0.1, 0.15) is 0 Å². The molecular formula is C14H13BF3O-. The van der Waals surface area contributed by atoms with Crippen LogP contribution in [-0.2, 0) is 6.42 Å². The minimum absolute atomic E-state index is 0.0917. The molecule has 1 nitrogen and oxygen atoms in total. The topological polar surface area (TPSA) is 9.23 Å². The van der Waals surface area contributed by atoms with E-state index in [1.807, 2.05) is 30.3 Å². The Balaban J connectivity index is 2.00. The van der Waals surface area contributed by atoms with Gasteiger partial charge in [-0.05, 0) is 11.6 Å². The molecule has 2 rings (SSSR count). The van der Waals surface area contributed by atoms with Gasteiger partial charge >= 0.3 is 6.98 Å². The summed E-state index contributed by atoms with van der Waals surface area (Å²) in [6, 6.07) is 14.8. The van der Waals surface area contributed by atoms with Crippen molar-refractivity contribution in [3.8, 4) is 5.75 Å². The van der Waals surface area contributed by atoms with Gasteiger partial charge in [0.15, 0.2) is 0 Å². The Bertz CT molecular complexity index is 526. The molecule has 0 aromatic heterocycles. The molecule has 0 bridgehead atoms. The van der Waals surface area contributed by atoms with E-state index in [9.17, 15) is 12.9 Å². The lowest BCUT2D eigenvalue weighted by molar-refractivity contribution is 0.322. The van der Waals surface area contributed by atoms with Crippen molar-refractivity contribution >= 4 is 12.4 Å². The number of halogens is 3. The summed E-state index contributed by atoms with van der Waals surface area (Å²) in [5.74, 6) is -0.0917. The van der Waals surface area contributed by atoms with Crippen LogP contribution in [0.25, 0.3) is 0 Å². The van der Waals surface area contributed by atoms with Gasteiger partial charge in [-0.1, -0.05) is 54.0 Å².